The molecule has 3 rings (SSSR count). The highest BCUT2D eigenvalue weighted by molar-refractivity contribution is 6.31. The number of hydrogen-bond acceptors (Lipinski definition) is 2. The molecule has 2 bridgehead atoms. The molecule has 0 radical (unpaired) electrons. The number of nitrogens with zero attached hydrogens (tertiary/aromatic N) is 1. The van der Waals surface area contributed by atoms with Crippen molar-refractivity contribution in [2.24, 2.45) is 0 Å². The van der Waals surface area contributed by atoms with Crippen molar-refractivity contribution in [3.8, 4) is 0 Å². The van der Waals surface area contributed by atoms with Gasteiger partial charge in [0.1, 0.15) is 5.82 Å². The lowest BCUT2D eigenvalue weighted by atomic mass is 9.98. The van der Waals surface area contributed by atoms with Crippen LogP contribution in [0.1, 0.15) is 31.2 Å². The van der Waals surface area contributed by atoms with Crippen molar-refractivity contribution in [3.63, 3.8) is 0 Å². The van der Waals surface area contributed by atoms with Crippen LogP contribution in [0.3, 0.4) is 0 Å². The third-order valence-electron chi connectivity index (χ3n) is 4.78. The number of amides is 1. The SMILES string of the molecule is CN(C(=O)Cc1c(F)cccc1Cl)C1CC2CCC(C1)N2.Cl. The van der Waals surface area contributed by atoms with Crippen molar-refractivity contribution < 1.29 is 9.18 Å². The summed E-state index contributed by atoms with van der Waals surface area (Å²) in [6.07, 6.45) is 4.40. The number of carbonyl (C=O) groups excluding carboxylic acids is 1. The fraction of sp³-hybridized carbons (Fsp3) is 0.562. The van der Waals surface area contributed by atoms with Gasteiger partial charge in [-0.1, -0.05) is 17.7 Å². The monoisotopic (exact) mass is 346 g/mol. The fourth-order valence-corrected chi connectivity index (χ4v) is 3.75. The minimum atomic E-state index is -0.408. The van der Waals surface area contributed by atoms with Crippen molar-refractivity contribution in [2.75, 3.05) is 7.05 Å². The zero-order valence-corrected chi connectivity index (χ0v) is 14.1. The molecular weight excluding hydrogens is 326 g/mol. The number of likely N-dealkylation sites (N-methyl/N-ethyl adjacent to an activating group) is 1. The smallest absolute Gasteiger partial charge is 0.227 e. The Morgan fingerprint density at radius 1 is 1.36 bits per heavy atom. The minimum Gasteiger partial charge on any atom is -0.342 e. The Kier molecular flexibility index (Phi) is 5.70. The number of piperidine rings is 1. The Balaban J connectivity index is 0.00000176. The van der Waals surface area contributed by atoms with E-state index in [1.807, 2.05) is 7.05 Å². The van der Waals surface area contributed by atoms with Gasteiger partial charge >= 0.3 is 0 Å². The van der Waals surface area contributed by atoms with Crippen LogP contribution in [-0.2, 0) is 11.2 Å². The Labute approximate surface area is 141 Å². The number of halogens is 3. The first-order chi connectivity index (χ1) is 10.0. The molecule has 0 saturated carbocycles. The van der Waals surface area contributed by atoms with Gasteiger partial charge in [0.15, 0.2) is 0 Å². The summed E-state index contributed by atoms with van der Waals surface area (Å²) >= 11 is 6.00. The highest BCUT2D eigenvalue weighted by Gasteiger charge is 2.36. The van der Waals surface area contributed by atoms with E-state index >= 15 is 0 Å². The van der Waals surface area contributed by atoms with E-state index < -0.39 is 5.82 Å². The van der Waals surface area contributed by atoms with Crippen LogP contribution < -0.4 is 5.32 Å². The third-order valence-corrected chi connectivity index (χ3v) is 5.13. The molecule has 122 valence electrons. The number of fused-ring (bicyclic) bond motifs is 2. The van der Waals surface area contributed by atoms with Crippen molar-refractivity contribution in [1.29, 1.82) is 0 Å². The first-order valence-electron chi connectivity index (χ1n) is 7.49. The normalized spacial score (nSPS) is 26.4. The molecule has 2 heterocycles. The molecule has 1 amide bonds. The maximum absolute atomic E-state index is 13.8. The zero-order valence-electron chi connectivity index (χ0n) is 12.5. The van der Waals surface area contributed by atoms with Crippen LogP contribution in [0.4, 0.5) is 4.39 Å². The van der Waals surface area contributed by atoms with Gasteiger partial charge in [0.2, 0.25) is 5.91 Å². The van der Waals surface area contributed by atoms with E-state index in [0.29, 0.717) is 22.7 Å². The molecular formula is C16H21Cl2FN2O. The van der Waals surface area contributed by atoms with Gasteiger partial charge in [0, 0.05) is 35.8 Å². The number of benzene rings is 1. The topological polar surface area (TPSA) is 32.3 Å². The molecule has 22 heavy (non-hydrogen) atoms. The molecule has 3 nitrogen and oxygen atoms in total. The Morgan fingerprint density at radius 3 is 2.59 bits per heavy atom. The molecule has 2 aliphatic rings. The van der Waals surface area contributed by atoms with Crippen LogP contribution in [-0.4, -0.2) is 36.0 Å². The first-order valence-corrected chi connectivity index (χ1v) is 7.87. The molecule has 0 aliphatic carbocycles. The highest BCUT2D eigenvalue weighted by Crippen LogP contribution is 2.30. The summed E-state index contributed by atoms with van der Waals surface area (Å²) in [6.45, 7) is 0. The van der Waals surface area contributed by atoms with E-state index in [-0.39, 0.29) is 30.8 Å². The van der Waals surface area contributed by atoms with Gasteiger partial charge in [-0.2, -0.15) is 0 Å². The van der Waals surface area contributed by atoms with Gasteiger partial charge in [-0.25, -0.2) is 4.39 Å². The Bertz CT molecular complexity index is 523. The maximum atomic E-state index is 13.8. The van der Waals surface area contributed by atoms with E-state index in [2.05, 4.69) is 5.32 Å². The lowest BCUT2D eigenvalue weighted by Gasteiger charge is -2.35. The van der Waals surface area contributed by atoms with Gasteiger partial charge in [0.25, 0.3) is 0 Å². The van der Waals surface area contributed by atoms with E-state index in [1.165, 1.54) is 18.9 Å². The van der Waals surface area contributed by atoms with Crippen LogP contribution >= 0.6 is 24.0 Å². The average molecular weight is 347 g/mol. The van der Waals surface area contributed by atoms with Crippen molar-refractivity contribution in [2.45, 2.75) is 50.2 Å². The number of rotatable bonds is 3. The zero-order chi connectivity index (χ0) is 15.0. The predicted octanol–water partition coefficient (Wildman–Crippen LogP) is 3.18. The van der Waals surface area contributed by atoms with Crippen molar-refractivity contribution in [3.05, 3.63) is 34.6 Å². The maximum Gasteiger partial charge on any atom is 0.227 e. The van der Waals surface area contributed by atoms with Crippen LogP contribution in [0.25, 0.3) is 0 Å². The molecule has 2 aliphatic heterocycles. The fourth-order valence-electron chi connectivity index (χ4n) is 3.52. The van der Waals surface area contributed by atoms with Gasteiger partial charge in [0.05, 0.1) is 6.42 Å². The van der Waals surface area contributed by atoms with E-state index in [9.17, 15) is 9.18 Å². The molecule has 1 N–H and O–H groups in total. The van der Waals surface area contributed by atoms with Crippen LogP contribution in [0, 0.1) is 5.82 Å². The lowest BCUT2D eigenvalue weighted by Crippen LogP contribution is -2.49. The molecule has 0 aromatic heterocycles. The second kappa shape index (κ2) is 7.16. The van der Waals surface area contributed by atoms with Crippen LogP contribution in [0.15, 0.2) is 18.2 Å². The second-order valence-corrected chi connectivity index (χ2v) is 6.55. The minimum absolute atomic E-state index is 0. The molecule has 2 atom stereocenters. The first kappa shape index (κ1) is 17.5. The Hall–Kier alpha value is -0.840. The lowest BCUT2D eigenvalue weighted by molar-refractivity contribution is -0.132. The number of nitrogens with one attached hydrogen (secondary N) is 1. The summed E-state index contributed by atoms with van der Waals surface area (Å²) in [6, 6.07) is 5.83. The summed E-state index contributed by atoms with van der Waals surface area (Å²) in [4.78, 5) is 14.2. The molecule has 2 saturated heterocycles. The molecule has 1 aromatic rings. The molecule has 6 heteroatoms. The van der Waals surface area contributed by atoms with Crippen LogP contribution in [0.2, 0.25) is 5.02 Å². The third kappa shape index (κ3) is 3.55. The predicted molar refractivity (Wildman–Crippen MR) is 88.1 cm³/mol. The molecule has 1 aromatic carbocycles. The summed E-state index contributed by atoms with van der Waals surface area (Å²) < 4.78 is 13.8. The van der Waals surface area contributed by atoms with Crippen molar-refractivity contribution in [1.82, 2.24) is 10.2 Å². The summed E-state index contributed by atoms with van der Waals surface area (Å²) in [5, 5.41) is 3.88. The van der Waals surface area contributed by atoms with Gasteiger partial charge < -0.3 is 10.2 Å². The largest absolute Gasteiger partial charge is 0.342 e. The van der Waals surface area contributed by atoms with Gasteiger partial charge in [-0.05, 0) is 37.8 Å². The number of carbonyl (C=O) groups is 1. The van der Waals surface area contributed by atoms with E-state index in [0.717, 1.165) is 12.8 Å². The summed E-state index contributed by atoms with van der Waals surface area (Å²) in [7, 11) is 1.83. The molecule has 0 spiro atoms. The van der Waals surface area contributed by atoms with Crippen LogP contribution in [0.5, 0.6) is 0 Å². The summed E-state index contributed by atoms with van der Waals surface area (Å²) in [5.74, 6) is -0.470. The highest BCUT2D eigenvalue weighted by atomic mass is 35.5. The molecule has 2 fully saturated rings. The van der Waals surface area contributed by atoms with E-state index in [1.54, 1.807) is 17.0 Å². The summed E-state index contributed by atoms with van der Waals surface area (Å²) in [5.41, 5.74) is 0.299. The second-order valence-electron chi connectivity index (χ2n) is 6.14. The van der Waals surface area contributed by atoms with E-state index in [4.69, 9.17) is 11.6 Å². The molecule has 2 unspecified atom stereocenters. The quantitative estimate of drug-likeness (QED) is 0.911. The average Bonchev–Trinajstić information content (AvgIpc) is 2.80. The van der Waals surface area contributed by atoms with Gasteiger partial charge in [-0.3, -0.25) is 4.79 Å². The standard InChI is InChI=1S/C16H20ClFN2O.ClH/c1-20(12-7-10-5-6-11(8-12)19-10)16(21)9-13-14(17)3-2-4-15(13)18;/h2-4,10-12,19H,5-9H2,1H3;1H. The Morgan fingerprint density at radius 2 is 2.00 bits per heavy atom. The van der Waals surface area contributed by atoms with Gasteiger partial charge in [-0.15, -0.1) is 12.4 Å². The number of hydrogen-bond donors (Lipinski definition) is 1. The van der Waals surface area contributed by atoms with Crippen molar-refractivity contribution >= 4 is 29.9 Å².